The maximum Gasteiger partial charge on any atom is 0.191 e. The molecule has 130 valence electrons. The summed E-state index contributed by atoms with van der Waals surface area (Å²) in [7, 11) is 1.86. The third-order valence-corrected chi connectivity index (χ3v) is 5.25. The summed E-state index contributed by atoms with van der Waals surface area (Å²) < 4.78 is 1.97. The lowest BCUT2D eigenvalue weighted by atomic mass is 9.79. The molecule has 5 nitrogen and oxygen atoms in total. The first-order chi connectivity index (χ1) is 10.7. The van der Waals surface area contributed by atoms with Gasteiger partial charge in [-0.05, 0) is 43.6 Å². The fourth-order valence-corrected chi connectivity index (χ4v) is 4.10. The van der Waals surface area contributed by atoms with Gasteiger partial charge in [0.05, 0.1) is 12.7 Å². The molecule has 2 aliphatic carbocycles. The van der Waals surface area contributed by atoms with Crippen molar-refractivity contribution >= 4 is 29.9 Å². The third kappa shape index (κ3) is 5.09. The molecule has 0 bridgehead atoms. The first kappa shape index (κ1) is 18.5. The monoisotopic (exact) mass is 431 g/mol. The zero-order valence-corrected chi connectivity index (χ0v) is 16.6. The molecule has 0 spiro atoms. The Hall–Kier alpha value is -0.790. The molecule has 23 heavy (non-hydrogen) atoms. The van der Waals surface area contributed by atoms with Crippen LogP contribution in [0.25, 0.3) is 0 Å². The number of nitrogens with zero attached hydrogens (tertiary/aromatic N) is 3. The standard InChI is InChI=1S/C17H29N5.HI/c1-13-11-20-22(12-13)9-8-19-17(18-2)21-16-7-6-14-4-3-5-15(14)10-16;/h11-12,14-16H,3-10H2,1-2H3,(H2,18,19,21);1H. The van der Waals surface area contributed by atoms with Crippen LogP contribution in [-0.2, 0) is 6.54 Å². The highest BCUT2D eigenvalue weighted by atomic mass is 127. The molecular weight excluding hydrogens is 401 g/mol. The van der Waals surface area contributed by atoms with Gasteiger partial charge in [0, 0.05) is 25.8 Å². The Balaban J connectivity index is 0.00000192. The lowest BCUT2D eigenvalue weighted by molar-refractivity contribution is 0.239. The fraction of sp³-hybridized carbons (Fsp3) is 0.765. The van der Waals surface area contributed by atoms with Crippen molar-refractivity contribution < 1.29 is 0 Å². The van der Waals surface area contributed by atoms with E-state index in [2.05, 4.69) is 33.8 Å². The smallest absolute Gasteiger partial charge is 0.191 e. The average Bonchev–Trinajstić information content (AvgIpc) is 3.14. The molecule has 1 heterocycles. The molecule has 2 aliphatic rings. The van der Waals surface area contributed by atoms with E-state index in [0.29, 0.717) is 6.04 Å². The minimum absolute atomic E-state index is 0. The van der Waals surface area contributed by atoms with E-state index in [0.717, 1.165) is 30.9 Å². The van der Waals surface area contributed by atoms with Crippen LogP contribution in [0.1, 0.15) is 44.1 Å². The largest absolute Gasteiger partial charge is 0.355 e. The first-order valence-electron chi connectivity index (χ1n) is 8.71. The maximum absolute atomic E-state index is 4.37. The summed E-state index contributed by atoms with van der Waals surface area (Å²) in [6, 6.07) is 0.595. The van der Waals surface area contributed by atoms with Gasteiger partial charge in [-0.1, -0.05) is 19.3 Å². The molecule has 2 N–H and O–H groups in total. The van der Waals surface area contributed by atoms with Crippen LogP contribution in [0.5, 0.6) is 0 Å². The van der Waals surface area contributed by atoms with E-state index in [1.165, 1.54) is 44.1 Å². The van der Waals surface area contributed by atoms with Crippen LogP contribution in [0, 0.1) is 18.8 Å². The maximum atomic E-state index is 4.37. The number of halogens is 1. The van der Waals surface area contributed by atoms with Gasteiger partial charge in [-0.2, -0.15) is 5.10 Å². The quantitative estimate of drug-likeness (QED) is 0.438. The minimum atomic E-state index is 0. The fourth-order valence-electron chi connectivity index (χ4n) is 4.10. The van der Waals surface area contributed by atoms with Crippen LogP contribution in [0.4, 0.5) is 0 Å². The lowest BCUT2D eigenvalue weighted by Gasteiger charge is -2.33. The molecule has 0 amide bonds. The van der Waals surface area contributed by atoms with E-state index in [1.54, 1.807) is 0 Å². The summed E-state index contributed by atoms with van der Waals surface area (Å²) >= 11 is 0. The van der Waals surface area contributed by atoms with Crippen molar-refractivity contribution in [2.45, 2.75) is 58.0 Å². The highest BCUT2D eigenvalue weighted by Gasteiger charge is 2.33. The van der Waals surface area contributed by atoms with Crippen molar-refractivity contribution in [3.63, 3.8) is 0 Å². The van der Waals surface area contributed by atoms with Crippen LogP contribution < -0.4 is 10.6 Å². The van der Waals surface area contributed by atoms with Gasteiger partial charge >= 0.3 is 0 Å². The molecule has 0 radical (unpaired) electrons. The van der Waals surface area contributed by atoms with Gasteiger partial charge in [0.25, 0.3) is 0 Å². The van der Waals surface area contributed by atoms with E-state index in [9.17, 15) is 0 Å². The van der Waals surface area contributed by atoms with Gasteiger partial charge in [-0.25, -0.2) is 0 Å². The molecule has 3 rings (SSSR count). The van der Waals surface area contributed by atoms with E-state index < -0.39 is 0 Å². The molecule has 3 unspecified atom stereocenters. The second-order valence-corrected chi connectivity index (χ2v) is 6.89. The Bertz CT molecular complexity index is 513. The summed E-state index contributed by atoms with van der Waals surface area (Å²) in [5, 5.41) is 11.3. The number of guanidine groups is 1. The summed E-state index contributed by atoms with van der Waals surface area (Å²) in [5.74, 6) is 2.90. The van der Waals surface area contributed by atoms with E-state index in [4.69, 9.17) is 0 Å². The first-order valence-corrected chi connectivity index (χ1v) is 8.71. The molecule has 2 saturated carbocycles. The van der Waals surface area contributed by atoms with E-state index >= 15 is 0 Å². The van der Waals surface area contributed by atoms with Crippen molar-refractivity contribution in [1.29, 1.82) is 0 Å². The van der Waals surface area contributed by atoms with Crippen molar-refractivity contribution in [2.24, 2.45) is 16.8 Å². The topological polar surface area (TPSA) is 54.2 Å². The van der Waals surface area contributed by atoms with E-state index in [-0.39, 0.29) is 24.0 Å². The van der Waals surface area contributed by atoms with Crippen molar-refractivity contribution in [2.75, 3.05) is 13.6 Å². The van der Waals surface area contributed by atoms with Crippen molar-refractivity contribution in [3.8, 4) is 0 Å². The number of aliphatic imine (C=N–C) groups is 1. The second kappa shape index (κ2) is 8.89. The number of aryl methyl sites for hydroxylation is 1. The minimum Gasteiger partial charge on any atom is -0.355 e. The summed E-state index contributed by atoms with van der Waals surface area (Å²) in [5.41, 5.74) is 1.20. The molecular formula is C17H30IN5. The van der Waals surface area contributed by atoms with E-state index in [1.807, 2.05) is 17.9 Å². The van der Waals surface area contributed by atoms with Crippen molar-refractivity contribution in [3.05, 3.63) is 18.0 Å². The van der Waals surface area contributed by atoms with Gasteiger partial charge in [0.1, 0.15) is 0 Å². The predicted octanol–water partition coefficient (Wildman–Crippen LogP) is 2.94. The third-order valence-electron chi connectivity index (χ3n) is 5.25. The highest BCUT2D eigenvalue weighted by molar-refractivity contribution is 14.0. The van der Waals surface area contributed by atoms with Gasteiger partial charge < -0.3 is 10.6 Å². The van der Waals surface area contributed by atoms with Crippen LogP contribution in [0.2, 0.25) is 0 Å². The SMILES string of the molecule is CN=C(NCCn1cc(C)cn1)NC1CCC2CCCC2C1.I. The van der Waals surface area contributed by atoms with Crippen LogP contribution in [0.3, 0.4) is 0 Å². The number of hydrogen-bond donors (Lipinski definition) is 2. The molecule has 6 heteroatoms. The normalized spacial score (nSPS) is 27.2. The van der Waals surface area contributed by atoms with Gasteiger partial charge in [0.15, 0.2) is 5.96 Å². The van der Waals surface area contributed by atoms with Crippen LogP contribution in [-0.4, -0.2) is 35.4 Å². The predicted molar refractivity (Wildman–Crippen MR) is 105 cm³/mol. The Labute approximate surface area is 156 Å². The Morgan fingerprint density at radius 2 is 2.13 bits per heavy atom. The molecule has 1 aromatic heterocycles. The zero-order valence-electron chi connectivity index (χ0n) is 14.3. The van der Waals surface area contributed by atoms with Gasteiger partial charge in [0.2, 0.25) is 0 Å². The summed E-state index contributed by atoms with van der Waals surface area (Å²) in [4.78, 5) is 4.37. The number of nitrogens with one attached hydrogen (secondary N) is 2. The van der Waals surface area contributed by atoms with Gasteiger partial charge in [-0.3, -0.25) is 9.67 Å². The molecule has 3 atom stereocenters. The number of aromatic nitrogens is 2. The molecule has 1 aromatic rings. The lowest BCUT2D eigenvalue weighted by Crippen LogP contribution is -2.46. The van der Waals surface area contributed by atoms with Crippen molar-refractivity contribution in [1.82, 2.24) is 20.4 Å². The Kier molecular flexibility index (Phi) is 7.17. The average molecular weight is 431 g/mol. The number of hydrogen-bond acceptors (Lipinski definition) is 2. The highest BCUT2D eigenvalue weighted by Crippen LogP contribution is 2.41. The van der Waals surface area contributed by atoms with Crippen LogP contribution in [0.15, 0.2) is 17.4 Å². The second-order valence-electron chi connectivity index (χ2n) is 6.89. The molecule has 2 fully saturated rings. The number of fused-ring (bicyclic) bond motifs is 1. The summed E-state index contributed by atoms with van der Waals surface area (Å²) in [6.07, 6.45) is 12.3. The Morgan fingerprint density at radius 3 is 2.87 bits per heavy atom. The molecule has 0 saturated heterocycles. The number of rotatable bonds is 4. The Morgan fingerprint density at radius 1 is 1.30 bits per heavy atom. The van der Waals surface area contributed by atoms with Crippen LogP contribution >= 0.6 is 24.0 Å². The zero-order chi connectivity index (χ0) is 15.4. The molecule has 0 aromatic carbocycles. The van der Waals surface area contributed by atoms with Gasteiger partial charge in [-0.15, -0.1) is 24.0 Å². The summed E-state index contributed by atoms with van der Waals surface area (Å²) in [6.45, 7) is 3.78. The molecule has 0 aliphatic heterocycles.